The molecule has 0 bridgehead atoms. The van der Waals surface area contributed by atoms with Gasteiger partial charge >= 0.3 is 18.3 Å². The van der Waals surface area contributed by atoms with Gasteiger partial charge in [-0.25, -0.2) is 19.6 Å². The molecule has 0 atom stereocenters. The number of aromatic nitrogens is 3. The van der Waals surface area contributed by atoms with Gasteiger partial charge in [0.15, 0.2) is 0 Å². The van der Waals surface area contributed by atoms with E-state index in [2.05, 4.69) is 9.97 Å². The van der Waals surface area contributed by atoms with Crippen LogP contribution in [0.3, 0.4) is 0 Å². The average Bonchev–Trinajstić information content (AvgIpc) is 3.06. The van der Waals surface area contributed by atoms with E-state index in [4.69, 9.17) is 14.5 Å². The van der Waals surface area contributed by atoms with E-state index in [-0.39, 0.29) is 44.1 Å². The van der Waals surface area contributed by atoms with Crippen molar-refractivity contribution in [3.8, 4) is 17.1 Å². The number of alkyl halides is 3. The minimum atomic E-state index is -4.73. The highest BCUT2D eigenvalue weighted by Gasteiger charge is 2.39. The quantitative estimate of drug-likeness (QED) is 0.228. The van der Waals surface area contributed by atoms with E-state index in [0.29, 0.717) is 46.0 Å². The molecule has 3 aromatic heterocycles. The molecule has 1 aromatic carbocycles. The molecule has 2 aliphatic heterocycles. The van der Waals surface area contributed by atoms with E-state index in [1.165, 1.54) is 29.0 Å². The van der Waals surface area contributed by atoms with Crippen molar-refractivity contribution < 1.29 is 32.2 Å². The molecule has 252 valence electrons. The summed E-state index contributed by atoms with van der Waals surface area (Å²) in [5.74, 6) is 0.434. The number of benzene rings is 1. The first-order chi connectivity index (χ1) is 22.8. The number of pyridine rings is 3. The summed E-state index contributed by atoms with van der Waals surface area (Å²) in [5, 5.41) is 0. The van der Waals surface area contributed by atoms with Gasteiger partial charge in [0.1, 0.15) is 11.1 Å². The summed E-state index contributed by atoms with van der Waals surface area (Å²) in [6.07, 6.45) is -1.98. The Morgan fingerprint density at radius 2 is 1.71 bits per heavy atom. The van der Waals surface area contributed by atoms with E-state index >= 15 is 0 Å². The number of nitrogens with zero attached hydrogens (tertiary/aromatic N) is 7. The Labute approximate surface area is 275 Å². The summed E-state index contributed by atoms with van der Waals surface area (Å²) in [6.45, 7) is 8.42. The topological polar surface area (TPSA) is 104 Å². The van der Waals surface area contributed by atoms with Crippen LogP contribution in [0.1, 0.15) is 38.8 Å². The van der Waals surface area contributed by atoms with Crippen molar-refractivity contribution in [1.82, 2.24) is 24.8 Å². The Bertz CT molecular complexity index is 1850. The van der Waals surface area contributed by atoms with Crippen molar-refractivity contribution in [3.05, 3.63) is 66.0 Å². The van der Waals surface area contributed by atoms with Gasteiger partial charge in [0.2, 0.25) is 5.88 Å². The normalized spacial score (nSPS) is 15.5. The number of piperazine rings is 1. The van der Waals surface area contributed by atoms with E-state index in [1.54, 1.807) is 67.2 Å². The van der Waals surface area contributed by atoms with Gasteiger partial charge in [-0.15, -0.1) is 0 Å². The number of amides is 3. The first kappa shape index (κ1) is 32.8. The van der Waals surface area contributed by atoms with Gasteiger partial charge in [0.05, 0.1) is 41.8 Å². The van der Waals surface area contributed by atoms with Gasteiger partial charge in [-0.3, -0.25) is 9.88 Å². The third kappa shape index (κ3) is 6.38. The molecule has 6 rings (SSSR count). The third-order valence-electron chi connectivity index (χ3n) is 8.25. The first-order valence-electron chi connectivity index (χ1n) is 15.6. The highest BCUT2D eigenvalue weighted by atomic mass is 19.4. The van der Waals surface area contributed by atoms with Crippen LogP contribution < -0.4 is 14.5 Å². The lowest BCUT2D eigenvalue weighted by Crippen LogP contribution is -2.50. The second kappa shape index (κ2) is 12.5. The molecule has 2 aliphatic rings. The Hall–Kier alpha value is -5.14. The van der Waals surface area contributed by atoms with Crippen LogP contribution >= 0.6 is 0 Å². The van der Waals surface area contributed by atoms with Crippen LogP contribution in [0.15, 0.2) is 54.9 Å². The maximum absolute atomic E-state index is 14.8. The summed E-state index contributed by atoms with van der Waals surface area (Å²) in [4.78, 5) is 46.1. The molecular weight excluding hydrogens is 627 g/mol. The molecule has 1 fully saturated rings. The van der Waals surface area contributed by atoms with Crippen LogP contribution in [-0.2, 0) is 17.5 Å². The van der Waals surface area contributed by atoms with Gasteiger partial charge in [0.25, 0.3) is 0 Å². The molecule has 0 saturated carbocycles. The molecule has 0 N–H and O–H groups in total. The fraction of sp³-hybridized carbons (Fsp3) is 0.382. The van der Waals surface area contributed by atoms with E-state index in [1.807, 2.05) is 6.92 Å². The van der Waals surface area contributed by atoms with Crippen LogP contribution in [0.4, 0.5) is 39.8 Å². The largest absolute Gasteiger partial charge is 0.481 e. The molecular formula is C34H36F3N7O4. The predicted octanol–water partition coefficient (Wildman–Crippen LogP) is 6.87. The first-order valence-corrected chi connectivity index (χ1v) is 15.6. The van der Waals surface area contributed by atoms with Crippen molar-refractivity contribution in [2.45, 2.75) is 46.0 Å². The van der Waals surface area contributed by atoms with Gasteiger partial charge in [0, 0.05) is 68.0 Å². The smallest absolute Gasteiger partial charge is 0.418 e. The zero-order valence-electron chi connectivity index (χ0n) is 27.3. The van der Waals surface area contributed by atoms with Crippen LogP contribution in [0, 0.1) is 0 Å². The number of carbonyl (C=O) groups is 2. The van der Waals surface area contributed by atoms with Crippen LogP contribution in [0.25, 0.3) is 22.3 Å². The Morgan fingerprint density at radius 3 is 2.33 bits per heavy atom. The fourth-order valence-corrected chi connectivity index (χ4v) is 5.89. The SMILES string of the molecule is CCN1Cc2cnc3ccc(-c4ccc(OC)nc4)nc3c2N(c2ccc(N3CCN(C(=O)OC(C)(C)C)CC3)c(C(F)(F)F)c2)C1=O. The number of hydrogen-bond acceptors (Lipinski definition) is 8. The zero-order chi connectivity index (χ0) is 34.4. The number of anilines is 3. The highest BCUT2D eigenvalue weighted by molar-refractivity contribution is 6.08. The highest BCUT2D eigenvalue weighted by Crippen LogP contribution is 2.44. The van der Waals surface area contributed by atoms with Gasteiger partial charge in [-0.2, -0.15) is 13.2 Å². The van der Waals surface area contributed by atoms with E-state index < -0.39 is 29.5 Å². The number of ether oxygens (including phenoxy) is 2. The van der Waals surface area contributed by atoms with Crippen molar-refractivity contribution in [3.63, 3.8) is 0 Å². The summed E-state index contributed by atoms with van der Waals surface area (Å²) in [5.41, 5.74) is 1.58. The third-order valence-corrected chi connectivity index (χ3v) is 8.25. The van der Waals surface area contributed by atoms with E-state index in [0.717, 1.165) is 6.07 Å². The number of rotatable bonds is 5. The van der Waals surface area contributed by atoms with Crippen molar-refractivity contribution in [1.29, 1.82) is 0 Å². The summed E-state index contributed by atoms with van der Waals surface area (Å²) in [7, 11) is 1.52. The van der Waals surface area contributed by atoms with Crippen molar-refractivity contribution in [2.24, 2.45) is 0 Å². The number of halogens is 3. The summed E-state index contributed by atoms with van der Waals surface area (Å²) < 4.78 is 54.9. The molecule has 1 saturated heterocycles. The number of fused-ring (bicyclic) bond motifs is 3. The van der Waals surface area contributed by atoms with Crippen molar-refractivity contribution >= 4 is 40.2 Å². The molecule has 0 spiro atoms. The Balaban J connectivity index is 1.40. The second-order valence-electron chi connectivity index (χ2n) is 12.6. The Kier molecular flexibility index (Phi) is 8.52. The zero-order valence-corrected chi connectivity index (χ0v) is 27.3. The average molecular weight is 664 g/mol. The molecule has 4 aromatic rings. The second-order valence-corrected chi connectivity index (χ2v) is 12.6. The van der Waals surface area contributed by atoms with Crippen molar-refractivity contribution in [2.75, 3.05) is 49.6 Å². The minimum Gasteiger partial charge on any atom is -0.481 e. The van der Waals surface area contributed by atoms with E-state index in [9.17, 15) is 22.8 Å². The molecule has 14 heteroatoms. The molecule has 11 nitrogen and oxygen atoms in total. The predicted molar refractivity (Wildman–Crippen MR) is 174 cm³/mol. The maximum Gasteiger partial charge on any atom is 0.418 e. The number of hydrogen-bond donors (Lipinski definition) is 0. The number of urea groups is 1. The standard InChI is InChI=1S/C34H36F3N7O4/c1-6-41-20-22-19-38-26-10-9-25(21-7-12-28(47-5)39-18-21)40-29(26)30(22)44(31(41)45)23-8-11-27(24(17-23)34(35,36)37)42-13-15-43(16-14-42)32(46)48-33(2,3)4/h7-12,17-19H,6,13-16,20H2,1-5H3. The maximum atomic E-state index is 14.8. The fourth-order valence-electron chi connectivity index (χ4n) is 5.89. The molecule has 0 radical (unpaired) electrons. The van der Waals surface area contributed by atoms with Gasteiger partial charge < -0.3 is 24.2 Å². The lowest BCUT2D eigenvalue weighted by Gasteiger charge is -2.39. The molecule has 0 aliphatic carbocycles. The van der Waals surface area contributed by atoms with Gasteiger partial charge in [-0.1, -0.05) is 0 Å². The molecule has 3 amide bonds. The van der Waals surface area contributed by atoms with Crippen LogP contribution in [0.5, 0.6) is 5.88 Å². The lowest BCUT2D eigenvalue weighted by molar-refractivity contribution is -0.137. The summed E-state index contributed by atoms with van der Waals surface area (Å²) in [6, 6.07) is 10.5. The number of carbonyl (C=O) groups excluding carboxylic acids is 2. The number of methoxy groups -OCH3 is 1. The van der Waals surface area contributed by atoms with Gasteiger partial charge in [-0.05, 0) is 64.1 Å². The molecule has 48 heavy (non-hydrogen) atoms. The lowest BCUT2D eigenvalue weighted by atomic mass is 10.0. The van der Waals surface area contributed by atoms with Crippen LogP contribution in [0.2, 0.25) is 0 Å². The van der Waals surface area contributed by atoms with Crippen LogP contribution in [-0.4, -0.2) is 82.3 Å². The Morgan fingerprint density at radius 1 is 0.958 bits per heavy atom. The minimum absolute atomic E-state index is 0.0286. The monoisotopic (exact) mass is 663 g/mol. The summed E-state index contributed by atoms with van der Waals surface area (Å²) >= 11 is 0. The molecule has 0 unspecified atom stereocenters. The molecule has 5 heterocycles.